The van der Waals surface area contributed by atoms with Crippen molar-refractivity contribution in [2.75, 3.05) is 13.2 Å². The van der Waals surface area contributed by atoms with E-state index >= 15 is 0 Å². The van der Waals surface area contributed by atoms with E-state index in [1.165, 1.54) is 6.42 Å². The van der Waals surface area contributed by atoms with Gasteiger partial charge in [-0.1, -0.05) is 13.8 Å². The van der Waals surface area contributed by atoms with E-state index in [4.69, 9.17) is 4.74 Å². The number of carbonyl (C=O) groups excluding carboxylic acids is 1. The van der Waals surface area contributed by atoms with E-state index in [2.05, 4.69) is 16.7 Å². The number of carbonyl (C=O) groups is 1. The summed E-state index contributed by atoms with van der Waals surface area (Å²) in [5, 5.41) is 0. The molecule has 0 radical (unpaired) electrons. The van der Waals surface area contributed by atoms with Gasteiger partial charge >= 0.3 is 5.97 Å². The van der Waals surface area contributed by atoms with Crippen molar-refractivity contribution in [1.82, 2.24) is 0 Å². The van der Waals surface area contributed by atoms with Crippen LogP contribution in [0.25, 0.3) is 0 Å². The molecule has 1 atom stereocenters. The van der Waals surface area contributed by atoms with Crippen molar-refractivity contribution >= 4 is 5.97 Å². The van der Waals surface area contributed by atoms with Crippen LogP contribution in [-0.4, -0.2) is 25.3 Å². The molecule has 0 bridgehead atoms. The van der Waals surface area contributed by atoms with Gasteiger partial charge in [-0.2, -0.15) is 4.89 Å². The molecule has 78 valence electrons. The van der Waals surface area contributed by atoms with Crippen molar-refractivity contribution in [2.24, 2.45) is 0 Å². The van der Waals surface area contributed by atoms with E-state index in [-0.39, 0.29) is 5.97 Å². The Balaban J connectivity index is 0.000000243. The smallest absolute Gasteiger partial charge is 0.342 e. The van der Waals surface area contributed by atoms with Crippen LogP contribution in [0.2, 0.25) is 0 Å². The monoisotopic (exact) mass is 190 g/mol. The van der Waals surface area contributed by atoms with E-state index in [9.17, 15) is 4.79 Å². The van der Waals surface area contributed by atoms with Crippen LogP contribution in [0.5, 0.6) is 0 Å². The normalized spacial score (nSPS) is 18.5. The van der Waals surface area contributed by atoms with Gasteiger partial charge in [-0.3, -0.25) is 4.89 Å². The highest BCUT2D eigenvalue weighted by atomic mass is 17.2. The van der Waals surface area contributed by atoms with Crippen molar-refractivity contribution in [3.63, 3.8) is 0 Å². The Bertz CT molecular complexity index is 132. The highest BCUT2D eigenvalue weighted by molar-refractivity contribution is 5.68. The first-order chi connectivity index (χ1) is 6.24. The summed E-state index contributed by atoms with van der Waals surface area (Å²) in [6.07, 6.45) is 2.19. The fourth-order valence-corrected chi connectivity index (χ4v) is 0.487. The number of hydrogen-bond acceptors (Lipinski definition) is 4. The predicted octanol–water partition coefficient (Wildman–Crippen LogP) is 1.69. The number of ether oxygens (including phenoxy) is 1. The molecule has 4 heteroatoms. The molecule has 0 aromatic heterocycles. The minimum absolute atomic E-state index is 0.327. The highest BCUT2D eigenvalue weighted by Gasteiger charge is 2.18. The molecule has 0 aromatic carbocycles. The van der Waals surface area contributed by atoms with Gasteiger partial charge in [-0.25, -0.2) is 4.79 Å². The first-order valence-electron chi connectivity index (χ1n) is 4.68. The molecule has 0 N–H and O–H groups in total. The lowest BCUT2D eigenvalue weighted by Crippen LogP contribution is -2.02. The van der Waals surface area contributed by atoms with Crippen LogP contribution in [0.1, 0.15) is 33.6 Å². The maximum atomic E-state index is 10.2. The fourth-order valence-electron chi connectivity index (χ4n) is 0.487. The average molecular weight is 190 g/mol. The average Bonchev–Trinajstić information content (AvgIpc) is 2.98. The molecule has 1 fully saturated rings. The molecule has 0 amide bonds. The summed E-state index contributed by atoms with van der Waals surface area (Å²) < 4.78 is 4.86. The Morgan fingerprint density at radius 3 is 2.31 bits per heavy atom. The van der Waals surface area contributed by atoms with Gasteiger partial charge in [-0.05, 0) is 13.3 Å². The molecule has 13 heavy (non-hydrogen) atoms. The first kappa shape index (κ1) is 12.4. The molecule has 1 aliphatic rings. The van der Waals surface area contributed by atoms with Crippen molar-refractivity contribution in [3.05, 3.63) is 0 Å². The second-order valence-electron chi connectivity index (χ2n) is 2.58. The molecule has 1 heterocycles. The molecular weight excluding hydrogens is 172 g/mol. The summed E-state index contributed by atoms with van der Waals surface area (Å²) in [6.45, 7) is 7.02. The van der Waals surface area contributed by atoms with Crippen molar-refractivity contribution in [2.45, 2.75) is 39.7 Å². The zero-order valence-electron chi connectivity index (χ0n) is 8.54. The summed E-state index contributed by atoms with van der Waals surface area (Å²) in [5.41, 5.74) is 0. The highest BCUT2D eigenvalue weighted by Crippen LogP contribution is 2.10. The maximum absolute atomic E-state index is 10.2. The third-order valence-corrected chi connectivity index (χ3v) is 1.42. The summed E-state index contributed by atoms with van der Waals surface area (Å²) >= 11 is 0. The molecule has 1 aliphatic heterocycles. The second-order valence-corrected chi connectivity index (χ2v) is 2.58. The van der Waals surface area contributed by atoms with Gasteiger partial charge in [0.05, 0.1) is 19.3 Å². The van der Waals surface area contributed by atoms with E-state index in [1.54, 1.807) is 13.8 Å². The Labute approximate surface area is 79.1 Å². The zero-order chi connectivity index (χ0) is 10.1. The molecular formula is C9H18O4. The number of rotatable bonds is 4. The van der Waals surface area contributed by atoms with Gasteiger partial charge in [0, 0.05) is 6.42 Å². The van der Waals surface area contributed by atoms with Crippen LogP contribution >= 0.6 is 0 Å². The largest absolute Gasteiger partial charge is 0.373 e. The van der Waals surface area contributed by atoms with Crippen LogP contribution in [-0.2, 0) is 19.3 Å². The SMILES string of the molecule is CCC1CO1.CCOOC(=O)CC. The molecule has 0 aliphatic carbocycles. The fraction of sp³-hybridized carbons (Fsp3) is 0.889. The minimum atomic E-state index is -0.327. The van der Waals surface area contributed by atoms with Crippen molar-refractivity contribution in [1.29, 1.82) is 0 Å². The molecule has 0 spiro atoms. The lowest BCUT2D eigenvalue weighted by molar-refractivity contribution is -0.269. The van der Waals surface area contributed by atoms with Gasteiger partial charge in [0.25, 0.3) is 0 Å². The lowest BCUT2D eigenvalue weighted by Gasteiger charge is -1.95. The summed E-state index contributed by atoms with van der Waals surface area (Å²) in [7, 11) is 0. The Morgan fingerprint density at radius 2 is 2.08 bits per heavy atom. The standard InChI is InChI=1S/C5H10O3.C4H8O/c1-3-5(6)8-7-4-2;1-2-4-3-5-4/h3-4H2,1-2H3;4H,2-3H2,1H3. The van der Waals surface area contributed by atoms with Crippen molar-refractivity contribution < 1.29 is 19.3 Å². The quantitative estimate of drug-likeness (QED) is 0.384. The van der Waals surface area contributed by atoms with Crippen LogP contribution in [0.4, 0.5) is 0 Å². The molecule has 0 aromatic rings. The van der Waals surface area contributed by atoms with E-state index in [0.717, 1.165) is 6.61 Å². The Kier molecular flexibility index (Phi) is 7.63. The first-order valence-corrected chi connectivity index (χ1v) is 4.68. The third kappa shape index (κ3) is 9.30. The molecule has 1 unspecified atom stereocenters. The van der Waals surface area contributed by atoms with Gasteiger partial charge in [0.15, 0.2) is 0 Å². The van der Waals surface area contributed by atoms with Gasteiger partial charge in [-0.15, -0.1) is 0 Å². The lowest BCUT2D eigenvalue weighted by atomic mass is 10.4. The molecule has 0 saturated carbocycles. The predicted molar refractivity (Wildman–Crippen MR) is 48.0 cm³/mol. The molecule has 1 rings (SSSR count). The Morgan fingerprint density at radius 1 is 1.46 bits per heavy atom. The third-order valence-electron chi connectivity index (χ3n) is 1.42. The topological polar surface area (TPSA) is 48.1 Å². The van der Waals surface area contributed by atoms with Crippen molar-refractivity contribution in [3.8, 4) is 0 Å². The number of hydrogen-bond donors (Lipinski definition) is 0. The minimum Gasteiger partial charge on any atom is -0.373 e. The van der Waals surface area contributed by atoms with Gasteiger partial charge in [0.2, 0.25) is 0 Å². The summed E-state index contributed by atoms with van der Waals surface area (Å²) in [6, 6.07) is 0. The summed E-state index contributed by atoms with van der Waals surface area (Å²) in [4.78, 5) is 18.8. The molecule has 1 saturated heterocycles. The van der Waals surface area contributed by atoms with E-state index < -0.39 is 0 Å². The van der Waals surface area contributed by atoms with Crippen LogP contribution < -0.4 is 0 Å². The van der Waals surface area contributed by atoms with Crippen LogP contribution in [0.15, 0.2) is 0 Å². The molecule has 4 nitrogen and oxygen atoms in total. The number of epoxide rings is 1. The maximum Gasteiger partial charge on any atom is 0.342 e. The second kappa shape index (κ2) is 8.01. The van der Waals surface area contributed by atoms with Crippen LogP contribution in [0.3, 0.4) is 0 Å². The van der Waals surface area contributed by atoms with E-state index in [1.807, 2.05) is 0 Å². The van der Waals surface area contributed by atoms with Gasteiger partial charge < -0.3 is 4.74 Å². The van der Waals surface area contributed by atoms with Gasteiger partial charge in [0.1, 0.15) is 0 Å². The Hall–Kier alpha value is -0.610. The zero-order valence-corrected chi connectivity index (χ0v) is 8.54. The summed E-state index contributed by atoms with van der Waals surface area (Å²) in [5.74, 6) is -0.327. The van der Waals surface area contributed by atoms with Crippen LogP contribution in [0, 0.1) is 0 Å². The van der Waals surface area contributed by atoms with E-state index in [0.29, 0.717) is 19.1 Å².